The molecule has 2 atom stereocenters. The number of likely N-dealkylation sites (tertiary alicyclic amines) is 1. The summed E-state index contributed by atoms with van der Waals surface area (Å²) in [6, 6.07) is 1.34. The zero-order valence-electron chi connectivity index (χ0n) is 8.00. The molecule has 1 fully saturated rings. The van der Waals surface area contributed by atoms with Crippen molar-refractivity contribution in [3.63, 3.8) is 0 Å². The molecule has 0 saturated carbocycles. The summed E-state index contributed by atoms with van der Waals surface area (Å²) in [5, 5.41) is 0. The quantitative estimate of drug-likeness (QED) is 0.613. The summed E-state index contributed by atoms with van der Waals surface area (Å²) >= 11 is 0. The Labute approximate surface area is 69.5 Å². The van der Waals surface area contributed by atoms with Crippen molar-refractivity contribution in [3.8, 4) is 0 Å². The average molecular weight is 157 g/mol. The first-order valence-corrected chi connectivity index (χ1v) is 4.41. The SMILES string of the molecule is COCC1C(C)CN1C(C)C. The minimum atomic E-state index is 0.667. The van der Waals surface area contributed by atoms with Crippen LogP contribution in [0.1, 0.15) is 20.8 Å². The molecule has 1 heterocycles. The molecule has 2 heteroatoms. The van der Waals surface area contributed by atoms with Gasteiger partial charge in [0.1, 0.15) is 0 Å². The Kier molecular flexibility index (Phi) is 2.90. The monoisotopic (exact) mass is 157 g/mol. The Morgan fingerprint density at radius 3 is 2.55 bits per heavy atom. The third kappa shape index (κ3) is 1.74. The Hall–Kier alpha value is -0.0800. The smallest absolute Gasteiger partial charge is 0.0621 e. The fourth-order valence-electron chi connectivity index (χ4n) is 1.80. The minimum Gasteiger partial charge on any atom is -0.383 e. The predicted octanol–water partition coefficient (Wildman–Crippen LogP) is 1.36. The van der Waals surface area contributed by atoms with Crippen LogP contribution >= 0.6 is 0 Å². The molecule has 1 saturated heterocycles. The lowest BCUT2D eigenvalue weighted by atomic mass is 9.89. The highest BCUT2D eigenvalue weighted by atomic mass is 16.5. The molecule has 1 aliphatic heterocycles. The van der Waals surface area contributed by atoms with E-state index >= 15 is 0 Å². The van der Waals surface area contributed by atoms with Crippen molar-refractivity contribution in [3.05, 3.63) is 0 Å². The Morgan fingerprint density at radius 1 is 1.55 bits per heavy atom. The first-order valence-electron chi connectivity index (χ1n) is 4.41. The second-order valence-corrected chi connectivity index (χ2v) is 3.79. The standard InChI is InChI=1S/C9H19NO/c1-7(2)10-5-8(3)9(10)6-11-4/h7-9H,5-6H2,1-4H3. The van der Waals surface area contributed by atoms with E-state index in [9.17, 15) is 0 Å². The number of ether oxygens (including phenoxy) is 1. The van der Waals surface area contributed by atoms with Crippen LogP contribution < -0.4 is 0 Å². The van der Waals surface area contributed by atoms with Crippen molar-refractivity contribution >= 4 is 0 Å². The Bertz CT molecular complexity index is 125. The third-order valence-corrected chi connectivity index (χ3v) is 2.58. The normalized spacial score (nSPS) is 32.5. The molecular formula is C9H19NO. The van der Waals surface area contributed by atoms with Gasteiger partial charge in [0.25, 0.3) is 0 Å². The summed E-state index contributed by atoms with van der Waals surface area (Å²) in [4.78, 5) is 2.49. The van der Waals surface area contributed by atoms with E-state index in [1.54, 1.807) is 7.11 Å². The maximum absolute atomic E-state index is 5.15. The van der Waals surface area contributed by atoms with Crippen molar-refractivity contribution < 1.29 is 4.74 Å². The summed E-state index contributed by atoms with van der Waals surface area (Å²) in [6.07, 6.45) is 0. The Balaban J connectivity index is 2.35. The Morgan fingerprint density at radius 2 is 2.18 bits per heavy atom. The van der Waals surface area contributed by atoms with Gasteiger partial charge in [0, 0.05) is 25.7 Å². The maximum atomic E-state index is 5.15. The largest absolute Gasteiger partial charge is 0.383 e. The highest BCUT2D eigenvalue weighted by molar-refractivity contribution is 4.90. The molecule has 0 aromatic heterocycles. The molecular weight excluding hydrogens is 138 g/mol. The van der Waals surface area contributed by atoms with E-state index in [0.717, 1.165) is 12.5 Å². The van der Waals surface area contributed by atoms with Crippen molar-refractivity contribution in [1.29, 1.82) is 0 Å². The number of nitrogens with zero attached hydrogens (tertiary/aromatic N) is 1. The van der Waals surface area contributed by atoms with Gasteiger partial charge >= 0.3 is 0 Å². The second kappa shape index (κ2) is 3.55. The number of hydrogen-bond acceptors (Lipinski definition) is 2. The summed E-state index contributed by atoms with van der Waals surface area (Å²) < 4.78 is 5.15. The molecule has 1 aliphatic rings. The zero-order valence-corrected chi connectivity index (χ0v) is 8.00. The fraction of sp³-hybridized carbons (Fsp3) is 1.00. The second-order valence-electron chi connectivity index (χ2n) is 3.79. The number of rotatable bonds is 3. The van der Waals surface area contributed by atoms with E-state index < -0.39 is 0 Å². The van der Waals surface area contributed by atoms with E-state index in [1.807, 2.05) is 0 Å². The average Bonchev–Trinajstić information content (AvgIpc) is 1.95. The van der Waals surface area contributed by atoms with Gasteiger partial charge in [-0.1, -0.05) is 6.92 Å². The molecule has 0 N–H and O–H groups in total. The van der Waals surface area contributed by atoms with Crippen LogP contribution in [0.2, 0.25) is 0 Å². The topological polar surface area (TPSA) is 12.5 Å². The molecule has 0 aromatic rings. The molecule has 0 bridgehead atoms. The van der Waals surface area contributed by atoms with E-state index in [1.165, 1.54) is 6.54 Å². The molecule has 0 aliphatic carbocycles. The molecule has 0 spiro atoms. The molecule has 2 nitrogen and oxygen atoms in total. The van der Waals surface area contributed by atoms with Gasteiger partial charge in [-0.15, -0.1) is 0 Å². The highest BCUT2D eigenvalue weighted by Gasteiger charge is 2.36. The maximum Gasteiger partial charge on any atom is 0.0621 e. The van der Waals surface area contributed by atoms with E-state index in [4.69, 9.17) is 4.74 Å². The van der Waals surface area contributed by atoms with Gasteiger partial charge in [-0.3, -0.25) is 4.90 Å². The molecule has 0 amide bonds. The van der Waals surface area contributed by atoms with Crippen molar-refractivity contribution in [2.45, 2.75) is 32.9 Å². The lowest BCUT2D eigenvalue weighted by Gasteiger charge is -2.48. The third-order valence-electron chi connectivity index (χ3n) is 2.58. The first kappa shape index (κ1) is 9.01. The molecule has 2 unspecified atom stereocenters. The zero-order chi connectivity index (χ0) is 8.43. The number of hydrogen-bond donors (Lipinski definition) is 0. The predicted molar refractivity (Wildman–Crippen MR) is 46.7 cm³/mol. The van der Waals surface area contributed by atoms with Crippen LogP contribution in [0.15, 0.2) is 0 Å². The summed E-state index contributed by atoms with van der Waals surface area (Å²) in [5.41, 5.74) is 0. The van der Waals surface area contributed by atoms with Crippen molar-refractivity contribution in [2.24, 2.45) is 5.92 Å². The van der Waals surface area contributed by atoms with Crippen LogP contribution in [0.25, 0.3) is 0 Å². The first-order chi connectivity index (χ1) is 5.16. The van der Waals surface area contributed by atoms with Crippen LogP contribution in [-0.4, -0.2) is 37.2 Å². The van der Waals surface area contributed by atoms with Crippen LogP contribution in [0.5, 0.6) is 0 Å². The highest BCUT2D eigenvalue weighted by Crippen LogP contribution is 2.26. The fourth-order valence-corrected chi connectivity index (χ4v) is 1.80. The summed E-state index contributed by atoms with van der Waals surface area (Å²) in [6.45, 7) is 8.91. The number of methoxy groups -OCH3 is 1. The molecule has 1 rings (SSSR count). The van der Waals surface area contributed by atoms with Gasteiger partial charge in [0.05, 0.1) is 6.61 Å². The van der Waals surface area contributed by atoms with Gasteiger partial charge in [-0.25, -0.2) is 0 Å². The van der Waals surface area contributed by atoms with Gasteiger partial charge in [0.2, 0.25) is 0 Å². The summed E-state index contributed by atoms with van der Waals surface area (Å²) in [7, 11) is 1.78. The van der Waals surface area contributed by atoms with Crippen LogP contribution in [0.4, 0.5) is 0 Å². The van der Waals surface area contributed by atoms with Crippen molar-refractivity contribution in [1.82, 2.24) is 4.90 Å². The van der Waals surface area contributed by atoms with E-state index in [0.29, 0.717) is 12.1 Å². The van der Waals surface area contributed by atoms with E-state index in [2.05, 4.69) is 25.7 Å². The van der Waals surface area contributed by atoms with Gasteiger partial charge in [0.15, 0.2) is 0 Å². The van der Waals surface area contributed by atoms with Crippen LogP contribution in [0.3, 0.4) is 0 Å². The van der Waals surface area contributed by atoms with E-state index in [-0.39, 0.29) is 0 Å². The molecule has 11 heavy (non-hydrogen) atoms. The van der Waals surface area contributed by atoms with Crippen LogP contribution in [-0.2, 0) is 4.74 Å². The molecule has 66 valence electrons. The van der Waals surface area contributed by atoms with Gasteiger partial charge in [-0.05, 0) is 19.8 Å². The van der Waals surface area contributed by atoms with Gasteiger partial charge in [-0.2, -0.15) is 0 Å². The lowest BCUT2D eigenvalue weighted by Crippen LogP contribution is -2.59. The minimum absolute atomic E-state index is 0.667. The van der Waals surface area contributed by atoms with Gasteiger partial charge < -0.3 is 4.74 Å². The summed E-state index contributed by atoms with van der Waals surface area (Å²) in [5.74, 6) is 0.817. The molecule has 0 aromatic carbocycles. The lowest BCUT2D eigenvalue weighted by molar-refractivity contribution is -0.0437. The molecule has 0 radical (unpaired) electrons. The van der Waals surface area contributed by atoms with Crippen LogP contribution in [0, 0.1) is 5.92 Å². The van der Waals surface area contributed by atoms with Crippen molar-refractivity contribution in [2.75, 3.05) is 20.3 Å².